The lowest BCUT2D eigenvalue weighted by molar-refractivity contribution is -0.137. The van der Waals surface area contributed by atoms with E-state index in [9.17, 15) is 31.2 Å². The van der Waals surface area contributed by atoms with Gasteiger partial charge in [0, 0.05) is 13.1 Å². The monoisotopic (exact) mass is 380 g/mol. The predicted octanol–water partition coefficient (Wildman–Crippen LogP) is 1.77. The summed E-state index contributed by atoms with van der Waals surface area (Å²) in [4.78, 5) is 23.9. The molecule has 2 aliphatic rings. The number of sulfonamides is 1. The molecule has 2 amide bonds. The van der Waals surface area contributed by atoms with Crippen LogP contribution < -0.4 is 0 Å². The van der Waals surface area contributed by atoms with Crippen LogP contribution in [-0.4, -0.2) is 53.7 Å². The summed E-state index contributed by atoms with van der Waals surface area (Å²) in [6.45, 7) is -0.108. The molecule has 11 heteroatoms. The maximum Gasteiger partial charge on any atom is 0.416 e. The van der Waals surface area contributed by atoms with Gasteiger partial charge in [0.15, 0.2) is 0 Å². The molecular weight excluding hydrogens is 369 g/mol. The van der Waals surface area contributed by atoms with Gasteiger partial charge < -0.3 is 0 Å². The number of nitrogens with zero attached hydrogens (tertiary/aromatic N) is 2. The number of hydrogen-bond donors (Lipinski definition) is 0. The van der Waals surface area contributed by atoms with E-state index in [0.717, 1.165) is 33.1 Å². The standard InChI is InChI=1S/C13H11F3N2O4S2/c14-13(15,16)8-1-3-10(4-2-8)24(21,22)17-5-9(6-17)18-11(19)7-23-12(18)20/h1-4,9H,5-7H2. The van der Waals surface area contributed by atoms with Crippen LogP contribution in [0.1, 0.15) is 5.56 Å². The highest BCUT2D eigenvalue weighted by atomic mass is 32.2. The Hall–Kier alpha value is -1.59. The zero-order valence-corrected chi connectivity index (χ0v) is 13.6. The first kappa shape index (κ1) is 17.2. The van der Waals surface area contributed by atoms with Crippen molar-refractivity contribution in [1.29, 1.82) is 0 Å². The molecule has 0 radical (unpaired) electrons. The van der Waals surface area contributed by atoms with E-state index in [-0.39, 0.29) is 29.6 Å². The molecule has 2 saturated heterocycles. The Bertz CT molecular complexity index is 770. The summed E-state index contributed by atoms with van der Waals surface area (Å²) in [5.41, 5.74) is -0.937. The molecule has 24 heavy (non-hydrogen) atoms. The Balaban J connectivity index is 1.72. The lowest BCUT2D eigenvalue weighted by Gasteiger charge is -2.41. The Morgan fingerprint density at radius 2 is 1.67 bits per heavy atom. The van der Waals surface area contributed by atoms with Crippen molar-refractivity contribution >= 4 is 32.9 Å². The fourth-order valence-corrected chi connectivity index (χ4v) is 4.75. The summed E-state index contributed by atoms with van der Waals surface area (Å²) in [7, 11) is -3.95. The van der Waals surface area contributed by atoms with Crippen LogP contribution in [0.15, 0.2) is 29.2 Å². The van der Waals surface area contributed by atoms with Gasteiger partial charge in [0.05, 0.1) is 22.3 Å². The van der Waals surface area contributed by atoms with Gasteiger partial charge in [0.2, 0.25) is 15.9 Å². The molecule has 130 valence electrons. The van der Waals surface area contributed by atoms with Crippen LogP contribution in [0.25, 0.3) is 0 Å². The first-order chi connectivity index (χ1) is 11.1. The van der Waals surface area contributed by atoms with Gasteiger partial charge in [-0.15, -0.1) is 0 Å². The van der Waals surface area contributed by atoms with Crippen molar-refractivity contribution in [3.8, 4) is 0 Å². The third-order valence-corrected chi connectivity index (χ3v) is 6.48. The topological polar surface area (TPSA) is 74.8 Å². The first-order valence-corrected chi connectivity index (χ1v) is 9.19. The molecular formula is C13H11F3N2O4S2. The summed E-state index contributed by atoms with van der Waals surface area (Å²) in [6.07, 6.45) is -4.54. The van der Waals surface area contributed by atoms with Crippen molar-refractivity contribution < 1.29 is 31.2 Å². The van der Waals surface area contributed by atoms with Crippen molar-refractivity contribution in [3.63, 3.8) is 0 Å². The molecule has 3 rings (SSSR count). The number of alkyl halides is 3. The van der Waals surface area contributed by atoms with Crippen LogP contribution in [0.2, 0.25) is 0 Å². The van der Waals surface area contributed by atoms with Gasteiger partial charge in [-0.3, -0.25) is 14.5 Å². The molecule has 1 aromatic rings. The summed E-state index contributed by atoms with van der Waals surface area (Å²) in [5, 5.41) is -0.406. The minimum atomic E-state index is -4.54. The Morgan fingerprint density at radius 3 is 2.12 bits per heavy atom. The smallest absolute Gasteiger partial charge is 0.273 e. The van der Waals surface area contributed by atoms with E-state index < -0.39 is 33.0 Å². The molecule has 0 spiro atoms. The van der Waals surface area contributed by atoms with Crippen LogP contribution in [0, 0.1) is 0 Å². The van der Waals surface area contributed by atoms with Gasteiger partial charge in [0.25, 0.3) is 5.24 Å². The SMILES string of the molecule is O=C1CSC(=O)N1C1CN(S(=O)(=O)c2ccc(C(F)(F)F)cc2)C1. The van der Waals surface area contributed by atoms with Crippen LogP contribution in [-0.2, 0) is 21.0 Å². The van der Waals surface area contributed by atoms with E-state index >= 15 is 0 Å². The number of carbonyl (C=O) groups excluding carboxylic acids is 2. The number of hydrogen-bond acceptors (Lipinski definition) is 5. The maximum atomic E-state index is 12.5. The summed E-state index contributed by atoms with van der Waals surface area (Å²) >= 11 is 0.863. The van der Waals surface area contributed by atoms with Gasteiger partial charge in [-0.05, 0) is 24.3 Å². The van der Waals surface area contributed by atoms with Gasteiger partial charge in [0.1, 0.15) is 0 Å². The normalized spacial score (nSPS) is 20.5. The van der Waals surface area contributed by atoms with Crippen LogP contribution in [0.5, 0.6) is 0 Å². The van der Waals surface area contributed by atoms with Crippen molar-refractivity contribution in [1.82, 2.24) is 9.21 Å². The minimum Gasteiger partial charge on any atom is -0.273 e. The number of halogens is 3. The molecule has 0 unspecified atom stereocenters. The van der Waals surface area contributed by atoms with Crippen LogP contribution in [0.3, 0.4) is 0 Å². The Kier molecular flexibility index (Phi) is 4.12. The number of thioether (sulfide) groups is 1. The molecule has 2 fully saturated rings. The van der Waals surface area contributed by atoms with E-state index in [2.05, 4.69) is 0 Å². The first-order valence-electron chi connectivity index (χ1n) is 6.77. The third-order valence-electron chi connectivity index (χ3n) is 3.80. The van der Waals surface area contributed by atoms with Gasteiger partial charge in [-0.1, -0.05) is 11.8 Å². The summed E-state index contributed by atoms with van der Waals surface area (Å²) in [5.74, 6) is -0.317. The highest BCUT2D eigenvalue weighted by Crippen LogP contribution is 2.32. The van der Waals surface area contributed by atoms with Crippen molar-refractivity contribution in [3.05, 3.63) is 29.8 Å². The highest BCUT2D eigenvalue weighted by Gasteiger charge is 2.46. The molecule has 2 heterocycles. The highest BCUT2D eigenvalue weighted by molar-refractivity contribution is 8.14. The molecule has 0 aromatic heterocycles. The predicted molar refractivity (Wildman–Crippen MR) is 78.7 cm³/mol. The molecule has 0 saturated carbocycles. The van der Waals surface area contributed by atoms with E-state index in [4.69, 9.17) is 0 Å². The third kappa shape index (κ3) is 2.91. The van der Waals surface area contributed by atoms with Crippen LogP contribution >= 0.6 is 11.8 Å². The summed E-state index contributed by atoms with van der Waals surface area (Å²) in [6, 6.07) is 2.67. The average Bonchev–Trinajstić information content (AvgIpc) is 2.77. The molecule has 2 aliphatic heterocycles. The largest absolute Gasteiger partial charge is 0.416 e. The van der Waals surface area contributed by atoms with Crippen LogP contribution in [0.4, 0.5) is 18.0 Å². The second-order valence-electron chi connectivity index (χ2n) is 5.32. The number of benzene rings is 1. The number of rotatable bonds is 3. The average molecular weight is 380 g/mol. The second kappa shape index (κ2) is 5.74. The van der Waals surface area contributed by atoms with Crippen molar-refractivity contribution in [2.75, 3.05) is 18.8 Å². The van der Waals surface area contributed by atoms with E-state index in [1.54, 1.807) is 0 Å². The lowest BCUT2D eigenvalue weighted by Crippen LogP contribution is -2.61. The fraction of sp³-hybridized carbons (Fsp3) is 0.385. The minimum absolute atomic E-state index is 0.0426. The number of imide groups is 1. The van der Waals surface area contributed by atoms with E-state index in [0.29, 0.717) is 12.1 Å². The van der Waals surface area contributed by atoms with Crippen molar-refractivity contribution in [2.45, 2.75) is 17.1 Å². The second-order valence-corrected chi connectivity index (χ2v) is 8.18. The molecule has 6 nitrogen and oxygen atoms in total. The molecule has 0 aliphatic carbocycles. The lowest BCUT2D eigenvalue weighted by atomic mass is 10.1. The molecule has 0 N–H and O–H groups in total. The Labute approximate surface area is 139 Å². The van der Waals surface area contributed by atoms with Gasteiger partial charge >= 0.3 is 6.18 Å². The zero-order valence-electron chi connectivity index (χ0n) is 12.0. The van der Waals surface area contributed by atoms with E-state index in [1.165, 1.54) is 0 Å². The van der Waals surface area contributed by atoms with Gasteiger partial charge in [-0.2, -0.15) is 17.5 Å². The maximum absolute atomic E-state index is 12.5. The molecule has 1 aromatic carbocycles. The molecule has 0 atom stereocenters. The number of carbonyl (C=O) groups is 2. The fourth-order valence-electron chi connectivity index (χ4n) is 2.46. The zero-order chi connectivity index (χ0) is 17.7. The van der Waals surface area contributed by atoms with Crippen molar-refractivity contribution in [2.24, 2.45) is 0 Å². The Morgan fingerprint density at radius 1 is 1.08 bits per heavy atom. The quantitative estimate of drug-likeness (QED) is 0.799. The number of amides is 2. The van der Waals surface area contributed by atoms with E-state index in [1.807, 2.05) is 0 Å². The molecule has 0 bridgehead atoms. The summed E-state index contributed by atoms with van der Waals surface area (Å²) < 4.78 is 63.3. The van der Waals surface area contributed by atoms with Gasteiger partial charge in [-0.25, -0.2) is 8.42 Å².